The normalized spacial score (nSPS) is 12.5. The fourth-order valence-electron chi connectivity index (χ4n) is 2.76. The lowest BCUT2D eigenvalue weighted by atomic mass is 10.1. The van der Waals surface area contributed by atoms with Crippen LogP contribution in [0, 0.1) is 0 Å². The Labute approximate surface area is 145 Å². The maximum absolute atomic E-state index is 12.4. The highest BCUT2D eigenvalue weighted by Gasteiger charge is 2.17. The summed E-state index contributed by atoms with van der Waals surface area (Å²) in [6, 6.07) is 7.35. The summed E-state index contributed by atoms with van der Waals surface area (Å²) in [5.74, 6) is 1.20. The number of nitrogens with zero attached hydrogens (tertiary/aromatic N) is 2. The van der Waals surface area contributed by atoms with Crippen molar-refractivity contribution in [3.8, 4) is 11.5 Å². The van der Waals surface area contributed by atoms with Crippen LogP contribution in [0.3, 0.4) is 0 Å². The van der Waals surface area contributed by atoms with E-state index < -0.39 is 0 Å². The van der Waals surface area contributed by atoms with Gasteiger partial charge in [0.2, 0.25) is 0 Å². The highest BCUT2D eigenvalue weighted by atomic mass is 16.5. The molecular formula is C18H21N3O4. The third-order valence-electron chi connectivity index (χ3n) is 4.39. The number of methoxy groups -OCH3 is 2. The van der Waals surface area contributed by atoms with Crippen LogP contribution in [0.25, 0.3) is 10.9 Å². The third-order valence-corrected chi connectivity index (χ3v) is 4.39. The van der Waals surface area contributed by atoms with Gasteiger partial charge in [-0.2, -0.15) is 0 Å². The van der Waals surface area contributed by atoms with Gasteiger partial charge in [-0.3, -0.25) is 9.69 Å². The Bertz CT molecular complexity index is 918. The third kappa shape index (κ3) is 3.36. The van der Waals surface area contributed by atoms with E-state index in [1.54, 1.807) is 26.5 Å². The van der Waals surface area contributed by atoms with E-state index in [2.05, 4.69) is 10.1 Å². The van der Waals surface area contributed by atoms with Crippen molar-refractivity contribution in [1.82, 2.24) is 15.0 Å². The van der Waals surface area contributed by atoms with Crippen LogP contribution in [0.4, 0.5) is 0 Å². The van der Waals surface area contributed by atoms with E-state index in [1.807, 2.05) is 37.1 Å². The van der Waals surface area contributed by atoms with Crippen molar-refractivity contribution < 1.29 is 14.0 Å². The molecule has 3 aromatic rings. The number of aromatic nitrogens is 2. The molecule has 0 aliphatic heterocycles. The summed E-state index contributed by atoms with van der Waals surface area (Å²) < 4.78 is 15.5. The summed E-state index contributed by atoms with van der Waals surface area (Å²) >= 11 is 0. The maximum atomic E-state index is 12.4. The first-order chi connectivity index (χ1) is 12.0. The molecule has 0 saturated carbocycles. The number of benzene rings is 1. The minimum Gasteiger partial charge on any atom is -0.493 e. The second-order valence-electron chi connectivity index (χ2n) is 5.93. The van der Waals surface area contributed by atoms with E-state index >= 15 is 0 Å². The van der Waals surface area contributed by atoms with Crippen molar-refractivity contribution in [2.75, 3.05) is 21.3 Å². The summed E-state index contributed by atoms with van der Waals surface area (Å²) in [6.07, 6.45) is 1.54. The van der Waals surface area contributed by atoms with Gasteiger partial charge in [0, 0.05) is 29.6 Å². The molecule has 0 amide bonds. The van der Waals surface area contributed by atoms with Crippen LogP contribution < -0.4 is 15.0 Å². The molecule has 0 radical (unpaired) electrons. The number of hydrogen-bond donors (Lipinski definition) is 1. The van der Waals surface area contributed by atoms with Crippen LogP contribution in [0.15, 0.2) is 39.8 Å². The Hall–Kier alpha value is -2.80. The molecule has 0 unspecified atom stereocenters. The number of aromatic amines is 1. The van der Waals surface area contributed by atoms with Gasteiger partial charge >= 0.3 is 0 Å². The predicted molar refractivity (Wildman–Crippen MR) is 94.1 cm³/mol. The average Bonchev–Trinajstić information content (AvgIpc) is 3.15. The van der Waals surface area contributed by atoms with Gasteiger partial charge in [-0.1, -0.05) is 5.16 Å². The van der Waals surface area contributed by atoms with E-state index in [-0.39, 0.29) is 11.6 Å². The monoisotopic (exact) mass is 343 g/mol. The van der Waals surface area contributed by atoms with Gasteiger partial charge in [0.25, 0.3) is 5.56 Å². The molecule has 0 aliphatic carbocycles. The molecule has 7 nitrogen and oxygen atoms in total. The standard InChI is InChI=1S/C18H21N3O4/c1-11(14-5-6-25-20-14)21(2)10-13-7-12-8-16(23-3)17(24-4)9-15(12)19-18(13)22/h5-9,11H,10H2,1-4H3,(H,19,22)/t11-/m1/s1. The van der Waals surface area contributed by atoms with Crippen LogP contribution in [-0.4, -0.2) is 36.3 Å². The molecule has 1 N–H and O–H groups in total. The van der Waals surface area contributed by atoms with Crippen LogP contribution in [0.1, 0.15) is 24.2 Å². The summed E-state index contributed by atoms with van der Waals surface area (Å²) in [7, 11) is 5.09. The molecule has 7 heteroatoms. The number of fused-ring (bicyclic) bond motifs is 1. The van der Waals surface area contributed by atoms with Crippen molar-refractivity contribution in [3.05, 3.63) is 52.1 Å². The van der Waals surface area contributed by atoms with E-state index in [1.165, 1.54) is 0 Å². The van der Waals surface area contributed by atoms with Gasteiger partial charge in [-0.15, -0.1) is 0 Å². The van der Waals surface area contributed by atoms with Crippen LogP contribution >= 0.6 is 0 Å². The highest BCUT2D eigenvalue weighted by molar-refractivity contribution is 5.83. The van der Waals surface area contributed by atoms with E-state index in [4.69, 9.17) is 14.0 Å². The molecular weight excluding hydrogens is 322 g/mol. The zero-order valence-electron chi connectivity index (χ0n) is 14.7. The van der Waals surface area contributed by atoms with Crippen molar-refractivity contribution in [1.29, 1.82) is 0 Å². The quantitative estimate of drug-likeness (QED) is 0.741. The van der Waals surface area contributed by atoms with Gasteiger partial charge in [0.05, 0.1) is 25.8 Å². The van der Waals surface area contributed by atoms with Crippen molar-refractivity contribution >= 4 is 10.9 Å². The lowest BCUT2D eigenvalue weighted by Gasteiger charge is -2.22. The summed E-state index contributed by atoms with van der Waals surface area (Å²) in [5.41, 5.74) is 2.07. The Morgan fingerprint density at radius 1 is 1.24 bits per heavy atom. The molecule has 132 valence electrons. The second kappa shape index (κ2) is 6.98. The van der Waals surface area contributed by atoms with Gasteiger partial charge in [-0.25, -0.2) is 0 Å². The first kappa shape index (κ1) is 17.0. The second-order valence-corrected chi connectivity index (χ2v) is 5.93. The average molecular weight is 343 g/mol. The first-order valence-corrected chi connectivity index (χ1v) is 7.92. The molecule has 1 aromatic carbocycles. The molecule has 3 rings (SSSR count). The molecule has 2 heterocycles. The minimum atomic E-state index is -0.126. The zero-order chi connectivity index (χ0) is 18.0. The van der Waals surface area contributed by atoms with Gasteiger partial charge in [0.1, 0.15) is 12.0 Å². The zero-order valence-corrected chi connectivity index (χ0v) is 14.7. The molecule has 0 fully saturated rings. The molecule has 0 spiro atoms. The Balaban J connectivity index is 1.93. The summed E-state index contributed by atoms with van der Waals surface area (Å²) in [5, 5.41) is 4.84. The lowest BCUT2D eigenvalue weighted by Crippen LogP contribution is -2.26. The molecule has 25 heavy (non-hydrogen) atoms. The summed E-state index contributed by atoms with van der Waals surface area (Å²) in [6.45, 7) is 2.49. The van der Waals surface area contributed by atoms with Crippen LogP contribution in [0.2, 0.25) is 0 Å². The SMILES string of the molecule is COc1cc2cc(CN(C)[C@H](C)c3ccon3)c(=O)[nH]c2cc1OC. The van der Waals surface area contributed by atoms with Crippen molar-refractivity contribution in [2.24, 2.45) is 0 Å². The van der Waals surface area contributed by atoms with Crippen LogP contribution in [0.5, 0.6) is 11.5 Å². The maximum Gasteiger partial charge on any atom is 0.252 e. The molecule has 0 bridgehead atoms. The molecule has 2 aromatic heterocycles. The first-order valence-electron chi connectivity index (χ1n) is 7.92. The highest BCUT2D eigenvalue weighted by Crippen LogP contribution is 2.31. The summed E-state index contributed by atoms with van der Waals surface area (Å²) in [4.78, 5) is 17.4. The largest absolute Gasteiger partial charge is 0.493 e. The number of pyridine rings is 1. The van der Waals surface area contributed by atoms with E-state index in [9.17, 15) is 4.79 Å². The fraction of sp³-hybridized carbons (Fsp3) is 0.333. The van der Waals surface area contributed by atoms with E-state index in [0.717, 1.165) is 11.1 Å². The van der Waals surface area contributed by atoms with Gasteiger partial charge in [0.15, 0.2) is 11.5 Å². The number of ether oxygens (including phenoxy) is 2. The fourth-order valence-corrected chi connectivity index (χ4v) is 2.76. The number of rotatable bonds is 6. The number of nitrogens with one attached hydrogen (secondary N) is 1. The minimum absolute atomic E-state index is 0.0271. The number of H-pyrrole nitrogens is 1. The lowest BCUT2D eigenvalue weighted by molar-refractivity contribution is 0.240. The Kier molecular flexibility index (Phi) is 4.76. The number of hydrogen-bond acceptors (Lipinski definition) is 6. The Morgan fingerprint density at radius 3 is 2.60 bits per heavy atom. The van der Waals surface area contributed by atoms with Crippen molar-refractivity contribution in [3.63, 3.8) is 0 Å². The molecule has 1 atom stereocenters. The topological polar surface area (TPSA) is 80.6 Å². The smallest absolute Gasteiger partial charge is 0.252 e. The Morgan fingerprint density at radius 2 is 1.96 bits per heavy atom. The van der Waals surface area contributed by atoms with Gasteiger partial charge in [-0.05, 0) is 26.1 Å². The van der Waals surface area contributed by atoms with E-state index in [0.29, 0.717) is 29.1 Å². The van der Waals surface area contributed by atoms with Crippen molar-refractivity contribution in [2.45, 2.75) is 19.5 Å². The molecule has 0 aliphatic rings. The van der Waals surface area contributed by atoms with Gasteiger partial charge < -0.3 is 19.0 Å². The predicted octanol–water partition coefficient (Wildman–Crippen LogP) is 2.73. The van der Waals surface area contributed by atoms with Crippen LogP contribution in [-0.2, 0) is 6.54 Å². The molecule has 0 saturated heterocycles.